The minimum absolute atomic E-state index is 0.290. The zero-order chi connectivity index (χ0) is 13.3. The fraction of sp³-hybridized carbons (Fsp3) is 0.250. The minimum Gasteiger partial charge on any atom is -0.380 e. The first-order valence-corrected chi connectivity index (χ1v) is 6.36. The smallest absolute Gasteiger partial charge is 0.188 e. The lowest BCUT2D eigenvalue weighted by Crippen LogP contribution is -2.34. The Labute approximate surface area is 112 Å². The molecule has 19 heavy (non-hydrogen) atoms. The van der Waals surface area contributed by atoms with Crippen LogP contribution in [0.4, 0.5) is 0 Å². The van der Waals surface area contributed by atoms with E-state index in [1.807, 2.05) is 48.5 Å². The summed E-state index contributed by atoms with van der Waals surface area (Å²) in [7, 11) is 0. The van der Waals surface area contributed by atoms with Crippen molar-refractivity contribution in [3.63, 3.8) is 0 Å². The first kappa shape index (κ1) is 12.4. The van der Waals surface area contributed by atoms with Crippen LogP contribution in [0.3, 0.4) is 0 Å². The third kappa shape index (κ3) is 2.16. The quantitative estimate of drug-likeness (QED) is 0.867. The van der Waals surface area contributed by atoms with Crippen LogP contribution in [-0.2, 0) is 10.3 Å². The van der Waals surface area contributed by atoms with E-state index in [1.165, 1.54) is 0 Å². The van der Waals surface area contributed by atoms with E-state index in [-0.39, 0.29) is 6.10 Å². The van der Waals surface area contributed by atoms with Gasteiger partial charge in [0.1, 0.15) is 5.60 Å². The van der Waals surface area contributed by atoms with Gasteiger partial charge in [0.15, 0.2) is 6.29 Å². The summed E-state index contributed by atoms with van der Waals surface area (Å²) in [6, 6.07) is 18.8. The summed E-state index contributed by atoms with van der Waals surface area (Å²) < 4.78 is 5.52. The molecule has 3 atom stereocenters. The molecule has 1 fully saturated rings. The van der Waals surface area contributed by atoms with Crippen molar-refractivity contribution in [1.29, 1.82) is 0 Å². The van der Waals surface area contributed by atoms with E-state index < -0.39 is 11.9 Å². The SMILES string of the molecule is OC1OC(c2ccccc2)CC1(O)c1ccccc1. The second-order valence-electron chi connectivity index (χ2n) is 4.88. The van der Waals surface area contributed by atoms with E-state index in [0.29, 0.717) is 12.0 Å². The van der Waals surface area contributed by atoms with Crippen molar-refractivity contribution in [2.24, 2.45) is 0 Å². The van der Waals surface area contributed by atoms with E-state index in [9.17, 15) is 10.2 Å². The number of hydrogen-bond donors (Lipinski definition) is 2. The van der Waals surface area contributed by atoms with Crippen LogP contribution in [0.1, 0.15) is 23.7 Å². The molecule has 2 aromatic rings. The van der Waals surface area contributed by atoms with Gasteiger partial charge in [-0.25, -0.2) is 0 Å². The molecule has 3 unspecified atom stereocenters. The van der Waals surface area contributed by atoms with Crippen molar-refractivity contribution in [3.8, 4) is 0 Å². The molecular weight excluding hydrogens is 240 g/mol. The maximum atomic E-state index is 10.7. The van der Waals surface area contributed by atoms with Gasteiger partial charge in [0, 0.05) is 6.42 Å². The summed E-state index contributed by atoms with van der Waals surface area (Å²) in [6.07, 6.45) is -1.15. The van der Waals surface area contributed by atoms with Gasteiger partial charge >= 0.3 is 0 Å². The maximum absolute atomic E-state index is 10.7. The van der Waals surface area contributed by atoms with Crippen molar-refractivity contribution < 1.29 is 14.9 Å². The molecule has 3 heteroatoms. The fourth-order valence-electron chi connectivity index (χ4n) is 2.55. The summed E-state index contributed by atoms with van der Waals surface area (Å²) >= 11 is 0. The summed E-state index contributed by atoms with van der Waals surface area (Å²) in [5.74, 6) is 0. The van der Waals surface area contributed by atoms with Crippen molar-refractivity contribution >= 4 is 0 Å². The Balaban J connectivity index is 1.90. The number of ether oxygens (including phenoxy) is 1. The molecule has 1 saturated heterocycles. The minimum atomic E-state index is -1.35. The molecule has 0 aromatic heterocycles. The van der Waals surface area contributed by atoms with Crippen LogP contribution >= 0.6 is 0 Å². The molecule has 3 rings (SSSR count). The molecule has 1 aliphatic heterocycles. The van der Waals surface area contributed by atoms with Gasteiger partial charge in [0.05, 0.1) is 6.10 Å². The Morgan fingerprint density at radius 3 is 2.16 bits per heavy atom. The lowest BCUT2D eigenvalue weighted by atomic mass is 9.88. The van der Waals surface area contributed by atoms with Gasteiger partial charge in [0.2, 0.25) is 0 Å². The Morgan fingerprint density at radius 2 is 1.53 bits per heavy atom. The van der Waals surface area contributed by atoms with Gasteiger partial charge in [-0.15, -0.1) is 0 Å². The molecule has 2 N–H and O–H groups in total. The first-order valence-electron chi connectivity index (χ1n) is 6.36. The van der Waals surface area contributed by atoms with Crippen molar-refractivity contribution in [1.82, 2.24) is 0 Å². The largest absolute Gasteiger partial charge is 0.380 e. The topological polar surface area (TPSA) is 49.7 Å². The molecule has 2 aromatic carbocycles. The van der Waals surface area contributed by atoms with Crippen molar-refractivity contribution in [2.75, 3.05) is 0 Å². The van der Waals surface area contributed by atoms with E-state index >= 15 is 0 Å². The average molecular weight is 256 g/mol. The molecule has 0 saturated carbocycles. The molecule has 98 valence electrons. The standard InChI is InChI=1S/C16H16O3/c17-15-16(18,13-9-5-2-6-10-13)11-14(19-15)12-7-3-1-4-8-12/h1-10,14-15,17-18H,11H2. The Hall–Kier alpha value is -1.68. The normalized spacial score (nSPS) is 30.4. The van der Waals surface area contributed by atoms with Gasteiger partial charge in [-0.1, -0.05) is 60.7 Å². The first-order chi connectivity index (χ1) is 9.20. The number of benzene rings is 2. The van der Waals surface area contributed by atoms with Crippen molar-refractivity contribution in [3.05, 3.63) is 71.8 Å². The van der Waals surface area contributed by atoms with Crippen LogP contribution < -0.4 is 0 Å². The summed E-state index contributed by atoms with van der Waals surface area (Å²) in [4.78, 5) is 0. The van der Waals surface area contributed by atoms with E-state index in [0.717, 1.165) is 5.56 Å². The molecule has 0 spiro atoms. The van der Waals surface area contributed by atoms with Gasteiger partial charge in [-0.05, 0) is 11.1 Å². The fourth-order valence-corrected chi connectivity index (χ4v) is 2.55. The third-order valence-corrected chi connectivity index (χ3v) is 3.64. The lowest BCUT2D eigenvalue weighted by Gasteiger charge is -2.24. The Kier molecular flexibility index (Phi) is 3.11. The van der Waals surface area contributed by atoms with Crippen LogP contribution in [0, 0.1) is 0 Å². The van der Waals surface area contributed by atoms with Crippen LogP contribution in [0.15, 0.2) is 60.7 Å². The predicted molar refractivity (Wildman–Crippen MR) is 71.2 cm³/mol. The van der Waals surface area contributed by atoms with E-state index in [2.05, 4.69) is 0 Å². The second-order valence-corrected chi connectivity index (χ2v) is 4.88. The van der Waals surface area contributed by atoms with Gasteiger partial charge in [-0.3, -0.25) is 0 Å². The third-order valence-electron chi connectivity index (χ3n) is 3.64. The zero-order valence-corrected chi connectivity index (χ0v) is 10.4. The average Bonchev–Trinajstić information content (AvgIpc) is 2.78. The van der Waals surface area contributed by atoms with E-state index in [4.69, 9.17) is 4.74 Å². The molecule has 3 nitrogen and oxygen atoms in total. The highest BCUT2D eigenvalue weighted by molar-refractivity contribution is 5.27. The molecule has 0 radical (unpaired) electrons. The highest BCUT2D eigenvalue weighted by Gasteiger charge is 2.48. The van der Waals surface area contributed by atoms with Gasteiger partial charge < -0.3 is 14.9 Å². The molecule has 1 heterocycles. The number of aliphatic hydroxyl groups is 2. The number of rotatable bonds is 2. The number of hydrogen-bond acceptors (Lipinski definition) is 3. The second kappa shape index (κ2) is 4.78. The summed E-state index contributed by atoms with van der Waals surface area (Å²) in [5, 5.41) is 20.7. The highest BCUT2D eigenvalue weighted by atomic mass is 16.6. The highest BCUT2D eigenvalue weighted by Crippen LogP contribution is 2.44. The Morgan fingerprint density at radius 1 is 0.947 bits per heavy atom. The van der Waals surface area contributed by atoms with Crippen LogP contribution in [0.2, 0.25) is 0 Å². The molecule has 0 amide bonds. The summed E-state index contributed by atoms with van der Waals surface area (Å²) in [5.41, 5.74) is 0.302. The molecule has 0 bridgehead atoms. The predicted octanol–water partition coefficient (Wildman–Crippen LogP) is 2.35. The van der Waals surface area contributed by atoms with Crippen LogP contribution in [0.25, 0.3) is 0 Å². The van der Waals surface area contributed by atoms with Crippen LogP contribution in [-0.4, -0.2) is 16.5 Å². The van der Waals surface area contributed by atoms with E-state index in [1.54, 1.807) is 12.1 Å². The number of aliphatic hydroxyl groups excluding tert-OH is 1. The zero-order valence-electron chi connectivity index (χ0n) is 10.4. The maximum Gasteiger partial charge on any atom is 0.188 e. The summed E-state index contributed by atoms with van der Waals surface area (Å²) in [6.45, 7) is 0. The van der Waals surface area contributed by atoms with Crippen LogP contribution in [0.5, 0.6) is 0 Å². The van der Waals surface area contributed by atoms with Crippen molar-refractivity contribution in [2.45, 2.75) is 24.4 Å². The Bertz CT molecular complexity index is 540. The molecule has 1 aliphatic rings. The molecule has 0 aliphatic carbocycles. The monoisotopic (exact) mass is 256 g/mol. The van der Waals surface area contributed by atoms with Gasteiger partial charge in [-0.2, -0.15) is 0 Å². The molecular formula is C16H16O3. The van der Waals surface area contributed by atoms with Gasteiger partial charge in [0.25, 0.3) is 0 Å². The lowest BCUT2D eigenvalue weighted by molar-refractivity contribution is -0.173.